The van der Waals surface area contributed by atoms with Crippen LogP contribution in [0, 0.1) is 0 Å². The Morgan fingerprint density at radius 3 is 1.25 bits per heavy atom. The van der Waals surface area contributed by atoms with Gasteiger partial charge >= 0.3 is 11.8 Å². The minimum Gasteiger partial charge on any atom is -0.196 e. The first-order valence-electron chi connectivity index (χ1n) is 7.04. The molecule has 0 radical (unpaired) electrons. The summed E-state index contributed by atoms with van der Waals surface area (Å²) in [5.74, 6) is -8.89. The summed E-state index contributed by atoms with van der Waals surface area (Å²) in [4.78, 5) is 0. The molecule has 0 aliphatic heterocycles. The molecule has 3 aromatic rings. The lowest BCUT2D eigenvalue weighted by Crippen LogP contribution is -2.20. The molecule has 4 rings (SSSR count). The summed E-state index contributed by atoms with van der Waals surface area (Å²) in [6.07, 6.45) is -3.05. The Kier molecular flexibility index (Phi) is 2.84. The molecule has 0 spiro atoms. The average molecular weight is 338 g/mol. The number of hydrogen-bond acceptors (Lipinski definition) is 0. The molecule has 0 heterocycles. The van der Waals surface area contributed by atoms with E-state index in [2.05, 4.69) is 0 Å². The van der Waals surface area contributed by atoms with Gasteiger partial charge in [-0.2, -0.15) is 26.3 Å². The van der Waals surface area contributed by atoms with Gasteiger partial charge in [-0.15, -0.1) is 0 Å². The SMILES string of the molecule is FC(F)=C1C(F)(F)c2c(c3ccccc3c3ccccc23)C1(F)F. The summed E-state index contributed by atoms with van der Waals surface area (Å²) in [6, 6.07) is 11.5. The Labute approximate surface area is 132 Å². The largest absolute Gasteiger partial charge is 0.307 e. The highest BCUT2D eigenvalue weighted by Gasteiger charge is 2.64. The van der Waals surface area contributed by atoms with E-state index < -0.39 is 34.6 Å². The molecule has 0 saturated heterocycles. The highest BCUT2D eigenvalue weighted by Crippen LogP contribution is 2.62. The van der Waals surface area contributed by atoms with Crippen molar-refractivity contribution in [3.63, 3.8) is 0 Å². The van der Waals surface area contributed by atoms with E-state index in [1.807, 2.05) is 0 Å². The fourth-order valence-electron chi connectivity index (χ4n) is 3.48. The smallest absolute Gasteiger partial charge is 0.196 e. The monoisotopic (exact) mass is 338 g/mol. The molecule has 0 bridgehead atoms. The number of benzene rings is 3. The molecule has 0 nitrogen and oxygen atoms in total. The van der Waals surface area contributed by atoms with Gasteiger partial charge in [0.1, 0.15) is 5.57 Å². The van der Waals surface area contributed by atoms with Crippen molar-refractivity contribution in [2.24, 2.45) is 0 Å². The minimum absolute atomic E-state index is 0.146. The predicted molar refractivity (Wildman–Crippen MR) is 78.5 cm³/mol. The summed E-state index contributed by atoms with van der Waals surface area (Å²) < 4.78 is 84.4. The molecule has 6 heteroatoms. The zero-order valence-electron chi connectivity index (χ0n) is 11.9. The van der Waals surface area contributed by atoms with E-state index >= 15 is 0 Å². The first-order chi connectivity index (χ1) is 11.3. The molecule has 1 aliphatic carbocycles. The van der Waals surface area contributed by atoms with E-state index in [4.69, 9.17) is 0 Å². The summed E-state index contributed by atoms with van der Waals surface area (Å²) in [5.41, 5.74) is -4.50. The van der Waals surface area contributed by atoms with Gasteiger partial charge in [0, 0.05) is 11.1 Å². The van der Waals surface area contributed by atoms with Crippen molar-refractivity contribution < 1.29 is 26.3 Å². The van der Waals surface area contributed by atoms with E-state index in [1.165, 1.54) is 36.4 Å². The van der Waals surface area contributed by atoms with Crippen LogP contribution in [0.5, 0.6) is 0 Å². The maximum atomic E-state index is 14.6. The van der Waals surface area contributed by atoms with E-state index in [0.29, 0.717) is 10.8 Å². The summed E-state index contributed by atoms with van der Waals surface area (Å²) in [7, 11) is 0. The second-order valence-electron chi connectivity index (χ2n) is 5.63. The van der Waals surface area contributed by atoms with Gasteiger partial charge in [-0.25, -0.2) is 0 Å². The zero-order chi connectivity index (χ0) is 17.3. The Morgan fingerprint density at radius 2 is 0.917 bits per heavy atom. The van der Waals surface area contributed by atoms with Crippen molar-refractivity contribution in [2.75, 3.05) is 0 Å². The summed E-state index contributed by atoms with van der Waals surface area (Å²) >= 11 is 0. The third kappa shape index (κ3) is 1.66. The Bertz CT molecular complexity index is 952. The van der Waals surface area contributed by atoms with Crippen LogP contribution >= 0.6 is 0 Å². The first kappa shape index (κ1) is 15.1. The van der Waals surface area contributed by atoms with Crippen LogP contribution in [0.25, 0.3) is 21.5 Å². The van der Waals surface area contributed by atoms with Crippen LogP contribution in [0.15, 0.2) is 60.2 Å². The van der Waals surface area contributed by atoms with Crippen LogP contribution in [0.2, 0.25) is 0 Å². The Hall–Kier alpha value is -2.50. The third-order valence-electron chi connectivity index (χ3n) is 4.38. The van der Waals surface area contributed by atoms with Crippen LogP contribution in [0.3, 0.4) is 0 Å². The number of alkyl halides is 4. The highest BCUT2D eigenvalue weighted by molar-refractivity contribution is 6.12. The molecular formula is C18H8F6. The van der Waals surface area contributed by atoms with Gasteiger partial charge in [-0.1, -0.05) is 48.5 Å². The molecule has 0 saturated carbocycles. The Balaban J connectivity index is 2.36. The van der Waals surface area contributed by atoms with Crippen molar-refractivity contribution in [1.29, 1.82) is 0 Å². The van der Waals surface area contributed by atoms with Crippen LogP contribution in [-0.2, 0) is 11.8 Å². The maximum Gasteiger partial charge on any atom is 0.307 e. The molecule has 3 aromatic carbocycles. The standard InChI is InChI=1S/C18H8F6/c19-16(20)15-17(21,22)13-11-7-3-1-5-9(11)10-6-2-4-8-12(10)14(13)18(15,23)24/h1-8H. The van der Waals surface area contributed by atoms with E-state index in [9.17, 15) is 26.3 Å². The highest BCUT2D eigenvalue weighted by atomic mass is 19.3. The topological polar surface area (TPSA) is 0 Å². The van der Waals surface area contributed by atoms with E-state index in [0.717, 1.165) is 0 Å². The van der Waals surface area contributed by atoms with Crippen molar-refractivity contribution in [1.82, 2.24) is 0 Å². The molecule has 0 atom stereocenters. The Morgan fingerprint density at radius 1 is 0.583 bits per heavy atom. The van der Waals surface area contributed by atoms with Crippen molar-refractivity contribution in [2.45, 2.75) is 11.8 Å². The lowest BCUT2D eigenvalue weighted by atomic mass is 9.92. The quantitative estimate of drug-likeness (QED) is 0.331. The molecule has 122 valence electrons. The zero-order valence-corrected chi connectivity index (χ0v) is 11.9. The van der Waals surface area contributed by atoms with Crippen LogP contribution < -0.4 is 0 Å². The van der Waals surface area contributed by atoms with Crippen molar-refractivity contribution in [3.8, 4) is 0 Å². The van der Waals surface area contributed by atoms with Gasteiger partial charge in [0.2, 0.25) is 0 Å². The van der Waals surface area contributed by atoms with Crippen LogP contribution in [0.1, 0.15) is 11.1 Å². The fraction of sp³-hybridized carbons (Fsp3) is 0.111. The van der Waals surface area contributed by atoms with Crippen LogP contribution in [0.4, 0.5) is 26.3 Å². The van der Waals surface area contributed by atoms with Gasteiger partial charge < -0.3 is 0 Å². The van der Waals surface area contributed by atoms with Gasteiger partial charge in [0.25, 0.3) is 6.08 Å². The van der Waals surface area contributed by atoms with E-state index in [1.54, 1.807) is 12.1 Å². The lowest BCUT2D eigenvalue weighted by molar-refractivity contribution is -0.0289. The molecule has 0 amide bonds. The maximum absolute atomic E-state index is 14.6. The third-order valence-corrected chi connectivity index (χ3v) is 4.38. The molecule has 24 heavy (non-hydrogen) atoms. The first-order valence-corrected chi connectivity index (χ1v) is 7.04. The van der Waals surface area contributed by atoms with Crippen molar-refractivity contribution in [3.05, 3.63) is 71.3 Å². The van der Waals surface area contributed by atoms with Gasteiger partial charge in [-0.05, 0) is 21.5 Å². The van der Waals surface area contributed by atoms with Gasteiger partial charge in [-0.3, -0.25) is 0 Å². The fourth-order valence-corrected chi connectivity index (χ4v) is 3.48. The van der Waals surface area contributed by atoms with Gasteiger partial charge in [0.05, 0.1) is 0 Å². The minimum atomic E-state index is -4.44. The number of allylic oxidation sites excluding steroid dienone is 1. The van der Waals surface area contributed by atoms with Gasteiger partial charge in [0.15, 0.2) is 0 Å². The molecule has 1 aliphatic rings. The summed E-state index contributed by atoms with van der Waals surface area (Å²) in [6.45, 7) is 0. The molecule has 0 aromatic heterocycles. The predicted octanol–water partition coefficient (Wildman–Crippen LogP) is 6.34. The number of rotatable bonds is 0. The molecule has 0 N–H and O–H groups in total. The second kappa shape index (κ2) is 4.53. The molecule has 0 unspecified atom stereocenters. The molecule has 0 fully saturated rings. The number of halogens is 6. The number of hydrogen-bond donors (Lipinski definition) is 0. The van der Waals surface area contributed by atoms with Crippen molar-refractivity contribution >= 4 is 21.5 Å². The second-order valence-corrected chi connectivity index (χ2v) is 5.63. The van der Waals surface area contributed by atoms with E-state index in [-0.39, 0.29) is 10.8 Å². The summed E-state index contributed by atoms with van der Waals surface area (Å²) in [5, 5.41) is 0.352. The van der Waals surface area contributed by atoms with Crippen LogP contribution in [-0.4, -0.2) is 0 Å². The normalized spacial score (nSPS) is 18.2. The number of fused-ring (bicyclic) bond motifs is 6. The lowest BCUT2D eigenvalue weighted by Gasteiger charge is -2.15. The average Bonchev–Trinajstić information content (AvgIpc) is 2.69. The molecular weight excluding hydrogens is 330 g/mol.